The number of nitrogens with zero attached hydrogens (tertiary/aromatic N) is 1. The standard InChI is InChI=1S/C17H28N2O/c1-4-14(2)17-13-19(11-5-10-18-17)12-15-6-8-16(20-3)9-7-15/h6-9,14,17-18H,4-5,10-13H2,1-3H3. The van der Waals surface area contributed by atoms with Crippen LogP contribution in [0.25, 0.3) is 0 Å². The average Bonchev–Trinajstić information content (AvgIpc) is 2.73. The molecule has 0 bridgehead atoms. The second kappa shape index (κ2) is 7.65. The maximum Gasteiger partial charge on any atom is 0.118 e. The van der Waals surface area contributed by atoms with Gasteiger partial charge < -0.3 is 10.1 Å². The van der Waals surface area contributed by atoms with Gasteiger partial charge >= 0.3 is 0 Å². The van der Waals surface area contributed by atoms with Crippen molar-refractivity contribution in [1.82, 2.24) is 10.2 Å². The van der Waals surface area contributed by atoms with Gasteiger partial charge in [-0.25, -0.2) is 0 Å². The number of hydrogen-bond acceptors (Lipinski definition) is 3. The summed E-state index contributed by atoms with van der Waals surface area (Å²) in [7, 11) is 1.71. The largest absolute Gasteiger partial charge is 0.497 e. The predicted molar refractivity (Wildman–Crippen MR) is 84.1 cm³/mol. The molecule has 3 heteroatoms. The Balaban J connectivity index is 1.95. The van der Waals surface area contributed by atoms with Gasteiger partial charge in [0.05, 0.1) is 7.11 Å². The summed E-state index contributed by atoms with van der Waals surface area (Å²) >= 11 is 0. The van der Waals surface area contributed by atoms with Crippen LogP contribution in [0.1, 0.15) is 32.3 Å². The van der Waals surface area contributed by atoms with Crippen molar-refractivity contribution in [3.05, 3.63) is 29.8 Å². The highest BCUT2D eigenvalue weighted by Gasteiger charge is 2.21. The summed E-state index contributed by atoms with van der Waals surface area (Å²) in [5, 5.41) is 3.70. The van der Waals surface area contributed by atoms with Gasteiger partial charge in [0.2, 0.25) is 0 Å². The summed E-state index contributed by atoms with van der Waals surface area (Å²) < 4.78 is 5.22. The van der Waals surface area contributed by atoms with Crippen molar-refractivity contribution in [3.8, 4) is 5.75 Å². The molecule has 0 amide bonds. The van der Waals surface area contributed by atoms with E-state index in [0.29, 0.717) is 6.04 Å². The predicted octanol–water partition coefficient (Wildman–Crippen LogP) is 2.91. The van der Waals surface area contributed by atoms with Crippen LogP contribution in [0.15, 0.2) is 24.3 Å². The molecule has 1 saturated heterocycles. The molecule has 1 aliphatic heterocycles. The molecule has 2 rings (SSSR count). The Kier molecular flexibility index (Phi) is 5.86. The third-order valence-electron chi connectivity index (χ3n) is 4.41. The van der Waals surface area contributed by atoms with Crippen molar-refractivity contribution >= 4 is 0 Å². The first-order chi connectivity index (χ1) is 9.72. The quantitative estimate of drug-likeness (QED) is 0.895. The van der Waals surface area contributed by atoms with Crippen molar-refractivity contribution in [2.45, 2.75) is 39.3 Å². The van der Waals surface area contributed by atoms with E-state index in [0.717, 1.165) is 31.3 Å². The van der Waals surface area contributed by atoms with Crippen molar-refractivity contribution in [2.75, 3.05) is 26.7 Å². The highest BCUT2D eigenvalue weighted by Crippen LogP contribution is 2.16. The Morgan fingerprint density at radius 1 is 1.35 bits per heavy atom. The second-order valence-electron chi connectivity index (χ2n) is 5.88. The monoisotopic (exact) mass is 276 g/mol. The molecule has 1 heterocycles. The van der Waals surface area contributed by atoms with Gasteiger partial charge in [-0.2, -0.15) is 0 Å². The Morgan fingerprint density at radius 2 is 2.10 bits per heavy atom. The molecule has 0 spiro atoms. The molecule has 0 radical (unpaired) electrons. The molecular weight excluding hydrogens is 248 g/mol. The number of rotatable bonds is 5. The number of ether oxygens (including phenoxy) is 1. The van der Waals surface area contributed by atoms with Gasteiger partial charge in [0.15, 0.2) is 0 Å². The highest BCUT2D eigenvalue weighted by atomic mass is 16.5. The molecule has 0 saturated carbocycles. The van der Waals surface area contributed by atoms with Gasteiger partial charge in [0.25, 0.3) is 0 Å². The average molecular weight is 276 g/mol. The molecule has 3 nitrogen and oxygen atoms in total. The molecule has 2 atom stereocenters. The number of methoxy groups -OCH3 is 1. The summed E-state index contributed by atoms with van der Waals surface area (Å²) in [5.74, 6) is 1.68. The van der Waals surface area contributed by atoms with E-state index in [4.69, 9.17) is 4.74 Å². The molecule has 1 aromatic carbocycles. The van der Waals surface area contributed by atoms with Crippen molar-refractivity contribution in [1.29, 1.82) is 0 Å². The van der Waals surface area contributed by atoms with E-state index in [1.807, 2.05) is 0 Å². The second-order valence-corrected chi connectivity index (χ2v) is 5.88. The van der Waals surface area contributed by atoms with Gasteiger partial charge in [0, 0.05) is 19.1 Å². The van der Waals surface area contributed by atoms with Crippen LogP contribution in [0.3, 0.4) is 0 Å². The number of benzene rings is 1. The molecule has 1 N–H and O–H groups in total. The summed E-state index contributed by atoms with van der Waals surface area (Å²) in [5.41, 5.74) is 1.37. The maximum atomic E-state index is 5.22. The first-order valence-corrected chi connectivity index (χ1v) is 7.81. The third kappa shape index (κ3) is 4.22. The first-order valence-electron chi connectivity index (χ1n) is 7.81. The van der Waals surface area contributed by atoms with E-state index in [-0.39, 0.29) is 0 Å². The van der Waals surface area contributed by atoms with Crippen LogP contribution < -0.4 is 10.1 Å². The number of hydrogen-bond donors (Lipinski definition) is 1. The SMILES string of the molecule is CCC(C)C1CN(Cc2ccc(OC)cc2)CCCN1. The molecule has 1 aromatic rings. The van der Waals surface area contributed by atoms with Crippen LogP contribution in [0.2, 0.25) is 0 Å². The zero-order valence-corrected chi connectivity index (χ0v) is 13.1. The molecule has 0 aliphatic carbocycles. The first kappa shape index (κ1) is 15.3. The van der Waals surface area contributed by atoms with E-state index in [1.165, 1.54) is 24.9 Å². The molecular formula is C17H28N2O. The topological polar surface area (TPSA) is 24.5 Å². The summed E-state index contributed by atoms with van der Waals surface area (Å²) in [6.45, 7) is 9.17. The van der Waals surface area contributed by atoms with E-state index in [2.05, 4.69) is 48.3 Å². The van der Waals surface area contributed by atoms with Crippen LogP contribution in [-0.4, -0.2) is 37.7 Å². The normalized spacial score (nSPS) is 22.2. The molecule has 2 unspecified atom stereocenters. The lowest BCUT2D eigenvalue weighted by Crippen LogP contribution is -2.41. The maximum absolute atomic E-state index is 5.22. The van der Waals surface area contributed by atoms with Gasteiger partial charge in [0.1, 0.15) is 5.75 Å². The Bertz CT molecular complexity index is 390. The van der Waals surface area contributed by atoms with Gasteiger partial charge in [-0.05, 0) is 43.1 Å². The van der Waals surface area contributed by atoms with Crippen LogP contribution in [0.5, 0.6) is 5.75 Å². The van der Waals surface area contributed by atoms with Gasteiger partial charge in [-0.15, -0.1) is 0 Å². The summed E-state index contributed by atoms with van der Waals surface area (Å²) in [6.07, 6.45) is 2.48. The minimum Gasteiger partial charge on any atom is -0.497 e. The smallest absolute Gasteiger partial charge is 0.118 e. The Morgan fingerprint density at radius 3 is 2.75 bits per heavy atom. The number of nitrogens with one attached hydrogen (secondary N) is 1. The third-order valence-corrected chi connectivity index (χ3v) is 4.41. The Labute approximate surface area is 123 Å². The van der Waals surface area contributed by atoms with Crippen molar-refractivity contribution in [3.63, 3.8) is 0 Å². The van der Waals surface area contributed by atoms with Gasteiger partial charge in [-0.3, -0.25) is 4.90 Å². The Hall–Kier alpha value is -1.06. The molecule has 0 aromatic heterocycles. The lowest BCUT2D eigenvalue weighted by atomic mass is 9.99. The van der Waals surface area contributed by atoms with E-state index >= 15 is 0 Å². The summed E-state index contributed by atoms with van der Waals surface area (Å²) in [6, 6.07) is 9.08. The zero-order valence-electron chi connectivity index (χ0n) is 13.1. The van der Waals surface area contributed by atoms with Gasteiger partial charge in [-0.1, -0.05) is 32.4 Å². The lowest BCUT2D eigenvalue weighted by molar-refractivity contribution is 0.231. The highest BCUT2D eigenvalue weighted by molar-refractivity contribution is 5.27. The fourth-order valence-electron chi connectivity index (χ4n) is 2.82. The lowest BCUT2D eigenvalue weighted by Gasteiger charge is -2.28. The fourth-order valence-corrected chi connectivity index (χ4v) is 2.82. The minimum absolute atomic E-state index is 0.626. The fraction of sp³-hybridized carbons (Fsp3) is 0.647. The van der Waals surface area contributed by atoms with E-state index in [1.54, 1.807) is 7.11 Å². The van der Waals surface area contributed by atoms with E-state index < -0.39 is 0 Å². The van der Waals surface area contributed by atoms with Crippen LogP contribution >= 0.6 is 0 Å². The molecule has 1 fully saturated rings. The van der Waals surface area contributed by atoms with Crippen LogP contribution in [-0.2, 0) is 6.54 Å². The zero-order chi connectivity index (χ0) is 14.4. The molecule has 1 aliphatic rings. The van der Waals surface area contributed by atoms with Crippen LogP contribution in [0, 0.1) is 5.92 Å². The van der Waals surface area contributed by atoms with Crippen LogP contribution in [0.4, 0.5) is 0 Å². The molecule has 112 valence electrons. The minimum atomic E-state index is 0.626. The van der Waals surface area contributed by atoms with E-state index in [9.17, 15) is 0 Å². The van der Waals surface area contributed by atoms with Crippen molar-refractivity contribution < 1.29 is 4.74 Å². The summed E-state index contributed by atoms with van der Waals surface area (Å²) in [4.78, 5) is 2.58. The van der Waals surface area contributed by atoms with Crippen molar-refractivity contribution in [2.24, 2.45) is 5.92 Å². The molecule has 20 heavy (non-hydrogen) atoms.